The summed E-state index contributed by atoms with van der Waals surface area (Å²) in [5.74, 6) is 0.580. The molecular formula is C16H26N2O2S. The summed E-state index contributed by atoms with van der Waals surface area (Å²) in [6.45, 7) is 7.04. The quantitative estimate of drug-likeness (QED) is 0.908. The lowest BCUT2D eigenvalue weighted by molar-refractivity contribution is 0.391. The zero-order chi connectivity index (χ0) is 15.6. The van der Waals surface area contributed by atoms with E-state index in [0.717, 1.165) is 24.0 Å². The van der Waals surface area contributed by atoms with Gasteiger partial charge in [0, 0.05) is 19.1 Å². The molecule has 1 heterocycles. The van der Waals surface area contributed by atoms with E-state index in [4.69, 9.17) is 5.73 Å². The third-order valence-corrected chi connectivity index (χ3v) is 6.44. The maximum absolute atomic E-state index is 12.0. The molecule has 0 saturated carbocycles. The summed E-state index contributed by atoms with van der Waals surface area (Å²) in [4.78, 5) is 0. The number of hydrogen-bond donors (Lipinski definition) is 1. The summed E-state index contributed by atoms with van der Waals surface area (Å²) < 4.78 is 25.7. The summed E-state index contributed by atoms with van der Waals surface area (Å²) in [5, 5.41) is 0. The number of rotatable bonds is 5. The third kappa shape index (κ3) is 3.47. The van der Waals surface area contributed by atoms with Crippen molar-refractivity contribution in [3.8, 4) is 0 Å². The van der Waals surface area contributed by atoms with E-state index in [1.807, 2.05) is 0 Å². The van der Waals surface area contributed by atoms with E-state index in [1.54, 1.807) is 11.2 Å². The minimum atomic E-state index is -3.12. The predicted molar refractivity (Wildman–Crippen MR) is 86.4 cm³/mol. The fourth-order valence-corrected chi connectivity index (χ4v) is 3.83. The van der Waals surface area contributed by atoms with Crippen molar-refractivity contribution in [2.45, 2.75) is 46.2 Å². The van der Waals surface area contributed by atoms with Crippen molar-refractivity contribution in [1.29, 1.82) is 0 Å². The average molecular weight is 310 g/mol. The van der Waals surface area contributed by atoms with Gasteiger partial charge in [0.2, 0.25) is 10.0 Å². The van der Waals surface area contributed by atoms with Gasteiger partial charge in [-0.15, -0.1) is 0 Å². The molecule has 2 unspecified atom stereocenters. The summed E-state index contributed by atoms with van der Waals surface area (Å²) in [6, 6.07) is 6.32. The SMILES string of the molecule is CCC(C)C(N)c1ccc2c(c1)CN(S(=O)(=O)CC)CC2. The van der Waals surface area contributed by atoms with Crippen LogP contribution in [0.2, 0.25) is 0 Å². The molecule has 0 radical (unpaired) electrons. The minimum Gasteiger partial charge on any atom is -0.324 e. The molecule has 1 aliphatic heterocycles. The van der Waals surface area contributed by atoms with Gasteiger partial charge in [-0.3, -0.25) is 0 Å². The molecule has 2 atom stereocenters. The second-order valence-corrected chi connectivity index (χ2v) is 8.18. The van der Waals surface area contributed by atoms with E-state index in [1.165, 1.54) is 5.56 Å². The lowest BCUT2D eigenvalue weighted by Gasteiger charge is -2.29. The van der Waals surface area contributed by atoms with Crippen molar-refractivity contribution in [3.63, 3.8) is 0 Å². The van der Waals surface area contributed by atoms with Crippen LogP contribution >= 0.6 is 0 Å². The van der Waals surface area contributed by atoms with Crippen LogP contribution < -0.4 is 5.73 Å². The third-order valence-electron chi connectivity index (χ3n) is 4.61. The average Bonchev–Trinajstić information content (AvgIpc) is 2.52. The molecule has 4 nitrogen and oxygen atoms in total. The van der Waals surface area contributed by atoms with Crippen LogP contribution in [0, 0.1) is 5.92 Å². The Bertz CT molecular complexity index is 598. The van der Waals surface area contributed by atoms with Crippen molar-refractivity contribution < 1.29 is 8.42 Å². The molecule has 1 aromatic carbocycles. The zero-order valence-corrected chi connectivity index (χ0v) is 14.0. The van der Waals surface area contributed by atoms with Crippen LogP contribution in [0.25, 0.3) is 0 Å². The van der Waals surface area contributed by atoms with Gasteiger partial charge >= 0.3 is 0 Å². The molecule has 0 fully saturated rings. The van der Waals surface area contributed by atoms with E-state index in [9.17, 15) is 8.42 Å². The molecule has 0 spiro atoms. The summed E-state index contributed by atoms with van der Waals surface area (Å²) in [6.07, 6.45) is 1.82. The molecule has 5 heteroatoms. The number of hydrogen-bond acceptors (Lipinski definition) is 3. The van der Waals surface area contributed by atoms with Crippen molar-refractivity contribution in [2.24, 2.45) is 11.7 Å². The molecule has 0 aromatic heterocycles. The van der Waals surface area contributed by atoms with Gasteiger partial charge in [-0.05, 0) is 36.0 Å². The Labute approximate surface area is 128 Å². The van der Waals surface area contributed by atoms with E-state index in [-0.39, 0.29) is 11.8 Å². The van der Waals surface area contributed by atoms with Gasteiger partial charge in [0.05, 0.1) is 5.75 Å². The van der Waals surface area contributed by atoms with E-state index in [0.29, 0.717) is 19.0 Å². The monoisotopic (exact) mass is 310 g/mol. The molecule has 2 N–H and O–H groups in total. The van der Waals surface area contributed by atoms with Crippen molar-refractivity contribution in [2.75, 3.05) is 12.3 Å². The number of fused-ring (bicyclic) bond motifs is 1. The van der Waals surface area contributed by atoms with Crippen LogP contribution in [0.3, 0.4) is 0 Å². The molecule has 0 amide bonds. The van der Waals surface area contributed by atoms with Crippen LogP contribution in [-0.2, 0) is 23.0 Å². The van der Waals surface area contributed by atoms with Crippen LogP contribution in [0.15, 0.2) is 18.2 Å². The smallest absolute Gasteiger partial charge is 0.214 e. The van der Waals surface area contributed by atoms with E-state index < -0.39 is 10.0 Å². The molecule has 118 valence electrons. The van der Waals surface area contributed by atoms with E-state index in [2.05, 4.69) is 32.0 Å². The molecule has 1 aromatic rings. The molecular weight excluding hydrogens is 284 g/mol. The highest BCUT2D eigenvalue weighted by Crippen LogP contribution is 2.27. The van der Waals surface area contributed by atoms with Crippen LogP contribution in [0.5, 0.6) is 0 Å². The molecule has 21 heavy (non-hydrogen) atoms. The lowest BCUT2D eigenvalue weighted by atomic mass is 9.90. The predicted octanol–water partition coefficient (Wildman–Crippen LogP) is 2.44. The van der Waals surface area contributed by atoms with Gasteiger partial charge in [-0.2, -0.15) is 4.31 Å². The second kappa shape index (κ2) is 6.46. The Morgan fingerprint density at radius 2 is 2.00 bits per heavy atom. The number of nitrogens with zero attached hydrogens (tertiary/aromatic N) is 1. The highest BCUT2D eigenvalue weighted by Gasteiger charge is 2.26. The van der Waals surface area contributed by atoms with Gasteiger partial charge in [-0.1, -0.05) is 38.5 Å². The highest BCUT2D eigenvalue weighted by atomic mass is 32.2. The largest absolute Gasteiger partial charge is 0.324 e. The van der Waals surface area contributed by atoms with Crippen molar-refractivity contribution >= 4 is 10.0 Å². The topological polar surface area (TPSA) is 63.4 Å². The standard InChI is InChI=1S/C16H26N2O2S/c1-4-12(3)16(17)14-7-6-13-8-9-18(11-15(13)10-14)21(19,20)5-2/h6-7,10,12,16H,4-5,8-9,11,17H2,1-3H3. The van der Waals surface area contributed by atoms with Crippen molar-refractivity contribution in [1.82, 2.24) is 4.31 Å². The Hall–Kier alpha value is -0.910. The maximum Gasteiger partial charge on any atom is 0.214 e. The number of sulfonamides is 1. The van der Waals surface area contributed by atoms with Gasteiger partial charge < -0.3 is 5.73 Å². The van der Waals surface area contributed by atoms with E-state index >= 15 is 0 Å². The van der Waals surface area contributed by atoms with Gasteiger partial charge in [-0.25, -0.2) is 8.42 Å². The van der Waals surface area contributed by atoms with Crippen molar-refractivity contribution in [3.05, 3.63) is 34.9 Å². The molecule has 1 aliphatic rings. The Balaban J connectivity index is 2.26. The van der Waals surface area contributed by atoms with Crippen LogP contribution in [-0.4, -0.2) is 25.0 Å². The first-order valence-electron chi connectivity index (χ1n) is 7.74. The first kappa shape index (κ1) is 16.5. The van der Waals surface area contributed by atoms with Gasteiger partial charge in [0.15, 0.2) is 0 Å². The fraction of sp³-hybridized carbons (Fsp3) is 0.625. The summed E-state index contributed by atoms with van der Waals surface area (Å²) >= 11 is 0. The summed E-state index contributed by atoms with van der Waals surface area (Å²) in [7, 11) is -3.12. The normalized spacial score (nSPS) is 19.0. The van der Waals surface area contributed by atoms with Gasteiger partial charge in [0.1, 0.15) is 0 Å². The first-order chi connectivity index (χ1) is 9.89. The molecule has 2 rings (SSSR count). The van der Waals surface area contributed by atoms with Crippen LogP contribution in [0.1, 0.15) is 49.9 Å². The van der Waals surface area contributed by atoms with Crippen LogP contribution in [0.4, 0.5) is 0 Å². The number of benzene rings is 1. The number of nitrogens with two attached hydrogens (primary N) is 1. The molecule has 0 bridgehead atoms. The maximum atomic E-state index is 12.0. The molecule has 0 saturated heterocycles. The zero-order valence-electron chi connectivity index (χ0n) is 13.2. The fourth-order valence-electron chi connectivity index (χ4n) is 2.76. The minimum absolute atomic E-state index is 0.0125. The Morgan fingerprint density at radius 3 is 2.62 bits per heavy atom. The van der Waals surface area contributed by atoms with Gasteiger partial charge in [0.25, 0.3) is 0 Å². The molecule has 0 aliphatic carbocycles. The highest BCUT2D eigenvalue weighted by molar-refractivity contribution is 7.89. The summed E-state index contributed by atoms with van der Waals surface area (Å²) in [5.41, 5.74) is 9.76. The Morgan fingerprint density at radius 1 is 1.29 bits per heavy atom. The lowest BCUT2D eigenvalue weighted by Crippen LogP contribution is -2.37. The first-order valence-corrected chi connectivity index (χ1v) is 9.35. The Kier molecular flexibility index (Phi) is 5.07. The second-order valence-electron chi connectivity index (χ2n) is 5.92.